The van der Waals surface area contributed by atoms with Crippen LogP contribution in [-0.2, 0) is 11.3 Å². The maximum atomic E-state index is 12.8. The first kappa shape index (κ1) is 25.2. The first-order chi connectivity index (χ1) is 13.1. The van der Waals surface area contributed by atoms with E-state index in [9.17, 15) is 4.79 Å². The van der Waals surface area contributed by atoms with Crippen LogP contribution in [0.5, 0.6) is 0 Å². The SMILES string of the molecule is CCC(NC(=O)c1cc(N)ccc1C)C1CN(Cc2ccccc2)CCO1.Cl.Cl. The lowest BCUT2D eigenvalue weighted by Crippen LogP contribution is -2.53. The molecule has 3 N–H and O–H groups in total. The molecule has 1 heterocycles. The minimum atomic E-state index is -0.0876. The second-order valence-corrected chi connectivity index (χ2v) is 7.19. The molecule has 7 heteroatoms. The third-order valence-electron chi connectivity index (χ3n) is 5.14. The molecule has 1 fully saturated rings. The maximum absolute atomic E-state index is 12.8. The molecule has 2 atom stereocenters. The van der Waals surface area contributed by atoms with Crippen LogP contribution in [0.25, 0.3) is 0 Å². The van der Waals surface area contributed by atoms with Crippen molar-refractivity contribution in [3.63, 3.8) is 0 Å². The molecule has 2 aromatic carbocycles. The Bertz CT molecular complexity index is 774. The highest BCUT2D eigenvalue weighted by Crippen LogP contribution is 2.17. The van der Waals surface area contributed by atoms with Gasteiger partial charge in [0, 0.05) is 30.9 Å². The smallest absolute Gasteiger partial charge is 0.251 e. The number of amides is 1. The molecule has 1 amide bonds. The van der Waals surface area contributed by atoms with Crippen molar-refractivity contribution in [3.05, 3.63) is 65.2 Å². The lowest BCUT2D eigenvalue weighted by Gasteiger charge is -2.37. The number of morpholine rings is 1. The van der Waals surface area contributed by atoms with Crippen LogP contribution in [0, 0.1) is 6.92 Å². The van der Waals surface area contributed by atoms with Crippen LogP contribution in [0.3, 0.4) is 0 Å². The molecule has 0 radical (unpaired) electrons. The molecule has 2 unspecified atom stereocenters. The van der Waals surface area contributed by atoms with Crippen molar-refractivity contribution < 1.29 is 9.53 Å². The van der Waals surface area contributed by atoms with Gasteiger partial charge in [-0.2, -0.15) is 0 Å². The fourth-order valence-electron chi connectivity index (χ4n) is 3.55. The highest BCUT2D eigenvalue weighted by atomic mass is 35.5. The molecular weight excluding hydrogens is 409 g/mol. The average molecular weight is 440 g/mol. The summed E-state index contributed by atoms with van der Waals surface area (Å²) >= 11 is 0. The highest BCUT2D eigenvalue weighted by molar-refractivity contribution is 5.96. The molecule has 0 spiro atoms. The largest absolute Gasteiger partial charge is 0.399 e. The number of anilines is 1. The zero-order valence-electron chi connectivity index (χ0n) is 17.0. The van der Waals surface area contributed by atoms with Crippen molar-refractivity contribution >= 4 is 36.4 Å². The fraction of sp³-hybridized carbons (Fsp3) is 0.409. The van der Waals surface area contributed by atoms with E-state index in [1.807, 2.05) is 25.1 Å². The Morgan fingerprint density at radius 2 is 1.97 bits per heavy atom. The summed E-state index contributed by atoms with van der Waals surface area (Å²) in [7, 11) is 0. The number of rotatable bonds is 6. The number of hydrogen-bond donors (Lipinski definition) is 2. The van der Waals surface area contributed by atoms with Gasteiger partial charge in [-0.05, 0) is 36.6 Å². The number of nitrogen functional groups attached to an aromatic ring is 1. The van der Waals surface area contributed by atoms with Gasteiger partial charge in [0.2, 0.25) is 0 Å². The summed E-state index contributed by atoms with van der Waals surface area (Å²) < 4.78 is 6.01. The summed E-state index contributed by atoms with van der Waals surface area (Å²) in [4.78, 5) is 15.2. The molecule has 2 aromatic rings. The van der Waals surface area contributed by atoms with Gasteiger partial charge in [0.1, 0.15) is 0 Å². The molecule has 29 heavy (non-hydrogen) atoms. The summed E-state index contributed by atoms with van der Waals surface area (Å²) in [6.07, 6.45) is 0.800. The minimum Gasteiger partial charge on any atom is -0.399 e. The lowest BCUT2D eigenvalue weighted by molar-refractivity contribution is -0.0483. The molecular formula is C22H31Cl2N3O2. The van der Waals surface area contributed by atoms with Crippen LogP contribution in [0.4, 0.5) is 5.69 Å². The van der Waals surface area contributed by atoms with E-state index < -0.39 is 0 Å². The number of carbonyl (C=O) groups excluding carboxylic acids is 1. The monoisotopic (exact) mass is 439 g/mol. The van der Waals surface area contributed by atoms with Gasteiger partial charge in [-0.15, -0.1) is 24.8 Å². The number of hydrogen-bond acceptors (Lipinski definition) is 4. The summed E-state index contributed by atoms with van der Waals surface area (Å²) in [6, 6.07) is 15.9. The minimum absolute atomic E-state index is 0. The molecule has 3 rings (SSSR count). The quantitative estimate of drug-likeness (QED) is 0.670. The number of carbonyl (C=O) groups is 1. The number of aryl methyl sites for hydroxylation is 1. The Kier molecular flexibility index (Phi) is 10.5. The Morgan fingerprint density at radius 3 is 2.66 bits per heavy atom. The topological polar surface area (TPSA) is 67.6 Å². The van der Waals surface area contributed by atoms with Crippen LogP contribution < -0.4 is 11.1 Å². The van der Waals surface area contributed by atoms with E-state index in [-0.39, 0.29) is 42.9 Å². The third kappa shape index (κ3) is 6.89. The van der Waals surface area contributed by atoms with Gasteiger partial charge in [0.05, 0.1) is 18.8 Å². The molecule has 0 saturated carbocycles. The second kappa shape index (κ2) is 12.0. The Labute approximate surface area is 185 Å². The van der Waals surface area contributed by atoms with Gasteiger partial charge in [-0.3, -0.25) is 9.69 Å². The molecule has 160 valence electrons. The highest BCUT2D eigenvalue weighted by Gasteiger charge is 2.28. The number of benzene rings is 2. The van der Waals surface area contributed by atoms with E-state index in [2.05, 4.69) is 41.4 Å². The number of ether oxygens (including phenoxy) is 1. The standard InChI is InChI=1S/C22H29N3O2.2ClH/c1-3-20(24-22(26)19-13-18(23)10-9-16(19)2)21-15-25(11-12-27-21)14-17-7-5-4-6-8-17;;/h4-10,13,20-21H,3,11-12,14-15,23H2,1-2H3,(H,24,26);2*1H. The van der Waals surface area contributed by atoms with Gasteiger partial charge in [-0.25, -0.2) is 0 Å². The summed E-state index contributed by atoms with van der Waals surface area (Å²) in [5.41, 5.74) is 9.30. The van der Waals surface area contributed by atoms with Gasteiger partial charge < -0.3 is 15.8 Å². The van der Waals surface area contributed by atoms with E-state index in [1.165, 1.54) is 5.56 Å². The zero-order valence-corrected chi connectivity index (χ0v) is 18.6. The molecule has 0 aromatic heterocycles. The van der Waals surface area contributed by atoms with Crippen LogP contribution in [0.1, 0.15) is 34.8 Å². The van der Waals surface area contributed by atoms with E-state index in [0.717, 1.165) is 31.6 Å². The summed E-state index contributed by atoms with van der Waals surface area (Å²) in [5.74, 6) is -0.0876. The van der Waals surface area contributed by atoms with Crippen molar-refractivity contribution in [1.82, 2.24) is 10.2 Å². The first-order valence-electron chi connectivity index (χ1n) is 9.61. The predicted octanol–water partition coefficient (Wildman–Crippen LogP) is 3.83. The molecule has 0 bridgehead atoms. The summed E-state index contributed by atoms with van der Waals surface area (Å²) in [6.45, 7) is 7.30. The first-order valence-corrected chi connectivity index (χ1v) is 9.61. The fourth-order valence-corrected chi connectivity index (χ4v) is 3.55. The van der Waals surface area contributed by atoms with Crippen LogP contribution in [-0.4, -0.2) is 42.6 Å². The number of nitrogens with two attached hydrogens (primary N) is 1. The van der Waals surface area contributed by atoms with Gasteiger partial charge in [-0.1, -0.05) is 43.3 Å². The van der Waals surface area contributed by atoms with Crippen molar-refractivity contribution in [3.8, 4) is 0 Å². The van der Waals surface area contributed by atoms with E-state index in [0.29, 0.717) is 17.9 Å². The van der Waals surface area contributed by atoms with Crippen molar-refractivity contribution in [1.29, 1.82) is 0 Å². The molecule has 1 aliphatic heterocycles. The van der Waals surface area contributed by atoms with Crippen LogP contribution in [0.15, 0.2) is 48.5 Å². The maximum Gasteiger partial charge on any atom is 0.251 e. The molecule has 1 aliphatic rings. The second-order valence-electron chi connectivity index (χ2n) is 7.19. The molecule has 1 saturated heterocycles. The third-order valence-corrected chi connectivity index (χ3v) is 5.14. The Hall–Kier alpha value is -1.79. The number of nitrogens with one attached hydrogen (secondary N) is 1. The zero-order chi connectivity index (χ0) is 19.2. The Morgan fingerprint density at radius 1 is 1.24 bits per heavy atom. The molecule has 5 nitrogen and oxygen atoms in total. The van der Waals surface area contributed by atoms with Gasteiger partial charge >= 0.3 is 0 Å². The average Bonchev–Trinajstić information content (AvgIpc) is 2.68. The van der Waals surface area contributed by atoms with E-state index in [1.54, 1.807) is 6.07 Å². The van der Waals surface area contributed by atoms with Crippen molar-refractivity contribution in [2.24, 2.45) is 0 Å². The number of nitrogens with zero attached hydrogens (tertiary/aromatic N) is 1. The van der Waals surface area contributed by atoms with E-state index >= 15 is 0 Å². The number of halogens is 2. The normalized spacial score (nSPS) is 17.5. The van der Waals surface area contributed by atoms with Gasteiger partial charge in [0.25, 0.3) is 5.91 Å². The Balaban J connectivity index is 0.00000210. The van der Waals surface area contributed by atoms with E-state index in [4.69, 9.17) is 10.5 Å². The lowest BCUT2D eigenvalue weighted by atomic mass is 10.0. The van der Waals surface area contributed by atoms with Crippen LogP contribution >= 0.6 is 24.8 Å². The van der Waals surface area contributed by atoms with Crippen molar-refractivity contribution in [2.45, 2.75) is 39.0 Å². The molecule has 0 aliphatic carbocycles. The van der Waals surface area contributed by atoms with Gasteiger partial charge in [0.15, 0.2) is 0 Å². The van der Waals surface area contributed by atoms with Crippen LogP contribution in [0.2, 0.25) is 0 Å². The van der Waals surface area contributed by atoms with Crippen molar-refractivity contribution in [2.75, 3.05) is 25.4 Å². The summed E-state index contributed by atoms with van der Waals surface area (Å²) in [5, 5.41) is 3.16. The predicted molar refractivity (Wildman–Crippen MR) is 123 cm³/mol.